The van der Waals surface area contributed by atoms with Crippen LogP contribution in [-0.2, 0) is 0 Å². The van der Waals surface area contributed by atoms with Crippen LogP contribution < -0.4 is 0 Å². The molecule has 0 radical (unpaired) electrons. The van der Waals surface area contributed by atoms with E-state index < -0.39 is 17.7 Å². The fraction of sp³-hybridized carbons (Fsp3) is 0.522. The summed E-state index contributed by atoms with van der Waals surface area (Å²) in [6.07, 6.45) is 9.13. The van der Waals surface area contributed by atoms with Crippen LogP contribution in [0, 0.1) is 29.5 Å². The van der Waals surface area contributed by atoms with Gasteiger partial charge in [-0.05, 0) is 47.8 Å². The number of pyridine rings is 1. The van der Waals surface area contributed by atoms with Gasteiger partial charge < -0.3 is 0 Å². The van der Waals surface area contributed by atoms with Crippen molar-refractivity contribution in [2.24, 2.45) is 11.8 Å². The van der Waals surface area contributed by atoms with E-state index in [1.807, 2.05) is 12.1 Å². The third-order valence-corrected chi connectivity index (χ3v) is 6.20. The maximum absolute atomic E-state index is 13.9. The Balaban J connectivity index is 1.66. The van der Waals surface area contributed by atoms with E-state index in [2.05, 4.69) is 18.8 Å². The lowest BCUT2D eigenvalue weighted by Crippen LogP contribution is -2.19. The maximum Gasteiger partial charge on any atom is 0.251 e. The van der Waals surface area contributed by atoms with Crippen LogP contribution in [-0.4, -0.2) is 4.98 Å². The summed E-state index contributed by atoms with van der Waals surface area (Å²) in [5, 5.41) is 0. The van der Waals surface area contributed by atoms with E-state index in [4.69, 9.17) is 0 Å². The molecule has 1 aromatic heterocycles. The van der Waals surface area contributed by atoms with E-state index in [0.717, 1.165) is 12.0 Å². The predicted octanol–water partition coefficient (Wildman–Crippen LogP) is 7.27. The second kappa shape index (κ2) is 8.90. The van der Waals surface area contributed by atoms with Crippen molar-refractivity contribution in [1.29, 1.82) is 0 Å². The molecule has 1 atom stereocenters. The zero-order chi connectivity index (χ0) is 19.4. The van der Waals surface area contributed by atoms with Crippen molar-refractivity contribution in [3.63, 3.8) is 0 Å². The number of halogens is 3. The van der Waals surface area contributed by atoms with Gasteiger partial charge in [-0.25, -0.2) is 4.39 Å². The number of benzene rings is 1. The van der Waals surface area contributed by atoms with Gasteiger partial charge in [0, 0.05) is 5.56 Å². The van der Waals surface area contributed by atoms with E-state index in [9.17, 15) is 13.2 Å². The number of hydrogen-bond donors (Lipinski definition) is 0. The van der Waals surface area contributed by atoms with Crippen molar-refractivity contribution >= 4 is 0 Å². The van der Waals surface area contributed by atoms with Crippen molar-refractivity contribution in [3.05, 3.63) is 53.6 Å². The lowest BCUT2D eigenvalue weighted by Gasteiger charge is -2.32. The second-order valence-electron chi connectivity index (χ2n) is 7.93. The molecular formula is C23H28F3N. The monoisotopic (exact) mass is 375 g/mol. The normalized spacial score (nSPS) is 21.2. The summed E-state index contributed by atoms with van der Waals surface area (Å²) >= 11 is 0. The fourth-order valence-electron chi connectivity index (χ4n) is 4.36. The standard InChI is InChI=1S/C23H28F3N/c1-3-4-5-16-6-8-17(9-7-16)15(2)18-10-12-19(13-11-18)20-14-21(24)23(26)27-22(20)25/h10-17H,3-9H2,1-2H3. The SMILES string of the molecule is CCCCC1CCC(C(C)c2ccc(-c3cc(F)c(F)nc3F)cc2)CC1. The molecule has 0 aliphatic heterocycles. The van der Waals surface area contributed by atoms with Gasteiger partial charge >= 0.3 is 0 Å². The van der Waals surface area contributed by atoms with Gasteiger partial charge in [-0.3, -0.25) is 0 Å². The zero-order valence-electron chi connectivity index (χ0n) is 16.1. The van der Waals surface area contributed by atoms with Gasteiger partial charge in [0.15, 0.2) is 5.82 Å². The highest BCUT2D eigenvalue weighted by molar-refractivity contribution is 5.63. The molecule has 4 heteroatoms. The first kappa shape index (κ1) is 19.9. The van der Waals surface area contributed by atoms with Gasteiger partial charge in [-0.15, -0.1) is 0 Å². The summed E-state index contributed by atoms with van der Waals surface area (Å²) in [6, 6.07) is 8.37. The third-order valence-electron chi connectivity index (χ3n) is 6.20. The Bertz CT molecular complexity index is 749. The molecule has 3 rings (SSSR count). The Morgan fingerprint density at radius 2 is 1.67 bits per heavy atom. The second-order valence-corrected chi connectivity index (χ2v) is 7.93. The summed E-state index contributed by atoms with van der Waals surface area (Å²) in [6.45, 7) is 4.51. The van der Waals surface area contributed by atoms with Crippen LogP contribution in [0.3, 0.4) is 0 Å². The highest BCUT2D eigenvalue weighted by atomic mass is 19.2. The fourth-order valence-corrected chi connectivity index (χ4v) is 4.36. The molecule has 0 saturated heterocycles. The third kappa shape index (κ3) is 4.72. The topological polar surface area (TPSA) is 12.9 Å². The molecule has 27 heavy (non-hydrogen) atoms. The molecule has 1 aliphatic rings. The summed E-state index contributed by atoms with van der Waals surface area (Å²) < 4.78 is 40.3. The summed E-state index contributed by atoms with van der Waals surface area (Å²) in [4.78, 5) is 3.00. The first-order valence-electron chi connectivity index (χ1n) is 10.1. The van der Waals surface area contributed by atoms with Crippen LogP contribution in [0.5, 0.6) is 0 Å². The van der Waals surface area contributed by atoms with Crippen LogP contribution >= 0.6 is 0 Å². The van der Waals surface area contributed by atoms with E-state index in [-0.39, 0.29) is 5.56 Å². The van der Waals surface area contributed by atoms with Gasteiger partial charge in [0.25, 0.3) is 5.95 Å². The molecule has 1 heterocycles. The number of rotatable bonds is 6. The number of unbranched alkanes of at least 4 members (excludes halogenated alkanes) is 1. The minimum Gasteiger partial charge on any atom is -0.202 e. The lowest BCUT2D eigenvalue weighted by molar-refractivity contribution is 0.237. The van der Waals surface area contributed by atoms with E-state index in [0.29, 0.717) is 17.4 Å². The quantitative estimate of drug-likeness (QED) is 0.484. The number of aromatic nitrogens is 1. The predicted molar refractivity (Wildman–Crippen MR) is 103 cm³/mol. The average Bonchev–Trinajstić information content (AvgIpc) is 2.69. The average molecular weight is 375 g/mol. The molecule has 1 fully saturated rings. The number of nitrogens with zero attached hydrogens (tertiary/aromatic N) is 1. The Labute approximate surface area is 160 Å². The maximum atomic E-state index is 13.9. The largest absolute Gasteiger partial charge is 0.251 e. The van der Waals surface area contributed by atoms with Crippen LogP contribution in [0.25, 0.3) is 11.1 Å². The zero-order valence-corrected chi connectivity index (χ0v) is 16.1. The minimum absolute atomic E-state index is 0.00969. The van der Waals surface area contributed by atoms with Crippen molar-refractivity contribution in [2.75, 3.05) is 0 Å². The molecule has 0 amide bonds. The van der Waals surface area contributed by atoms with E-state index in [1.165, 1.54) is 50.5 Å². The first-order valence-corrected chi connectivity index (χ1v) is 10.1. The van der Waals surface area contributed by atoms with E-state index >= 15 is 0 Å². The molecule has 2 aromatic rings. The van der Waals surface area contributed by atoms with Crippen molar-refractivity contribution in [3.8, 4) is 11.1 Å². The molecule has 1 unspecified atom stereocenters. The molecule has 1 aliphatic carbocycles. The molecule has 0 N–H and O–H groups in total. The van der Waals surface area contributed by atoms with Gasteiger partial charge in [0.1, 0.15) is 0 Å². The summed E-state index contributed by atoms with van der Waals surface area (Å²) in [5.74, 6) is -1.52. The molecule has 1 aromatic carbocycles. The molecule has 1 saturated carbocycles. The van der Waals surface area contributed by atoms with Gasteiger partial charge in [-0.2, -0.15) is 13.8 Å². The molecule has 1 nitrogen and oxygen atoms in total. The summed E-state index contributed by atoms with van der Waals surface area (Å²) in [7, 11) is 0. The Kier molecular flexibility index (Phi) is 6.56. The smallest absolute Gasteiger partial charge is 0.202 e. The van der Waals surface area contributed by atoms with Crippen LogP contribution in [0.4, 0.5) is 13.2 Å². The Hall–Kier alpha value is -1.84. The van der Waals surface area contributed by atoms with Crippen molar-refractivity contribution in [2.45, 2.75) is 64.7 Å². The highest BCUT2D eigenvalue weighted by Gasteiger charge is 2.26. The Morgan fingerprint density at radius 1 is 1.00 bits per heavy atom. The van der Waals surface area contributed by atoms with Crippen molar-refractivity contribution in [1.82, 2.24) is 4.98 Å². The molecule has 146 valence electrons. The molecular weight excluding hydrogens is 347 g/mol. The van der Waals surface area contributed by atoms with Crippen LogP contribution in [0.1, 0.15) is 70.3 Å². The van der Waals surface area contributed by atoms with Crippen LogP contribution in [0.2, 0.25) is 0 Å². The van der Waals surface area contributed by atoms with Gasteiger partial charge in [0.2, 0.25) is 5.95 Å². The molecule has 0 bridgehead atoms. The van der Waals surface area contributed by atoms with Crippen molar-refractivity contribution < 1.29 is 13.2 Å². The lowest BCUT2D eigenvalue weighted by atomic mass is 9.73. The van der Waals surface area contributed by atoms with Gasteiger partial charge in [-0.1, -0.05) is 70.2 Å². The first-order chi connectivity index (χ1) is 13.0. The highest BCUT2D eigenvalue weighted by Crippen LogP contribution is 2.40. The number of hydrogen-bond acceptors (Lipinski definition) is 1. The molecule has 0 spiro atoms. The minimum atomic E-state index is -1.41. The van der Waals surface area contributed by atoms with Gasteiger partial charge in [0.05, 0.1) is 0 Å². The summed E-state index contributed by atoms with van der Waals surface area (Å²) in [5.41, 5.74) is 1.72. The van der Waals surface area contributed by atoms with E-state index in [1.54, 1.807) is 12.1 Å². The Morgan fingerprint density at radius 3 is 2.30 bits per heavy atom. The van der Waals surface area contributed by atoms with Crippen LogP contribution in [0.15, 0.2) is 30.3 Å².